The highest BCUT2D eigenvalue weighted by Crippen LogP contribution is 2.32. The van der Waals surface area contributed by atoms with Gasteiger partial charge < -0.3 is 15.7 Å². The first kappa shape index (κ1) is 12.3. The summed E-state index contributed by atoms with van der Waals surface area (Å²) in [6, 6.07) is 5.67. The summed E-state index contributed by atoms with van der Waals surface area (Å²) >= 11 is 0. The van der Waals surface area contributed by atoms with Crippen molar-refractivity contribution < 1.29 is 9.90 Å². The van der Waals surface area contributed by atoms with Gasteiger partial charge in [0.1, 0.15) is 0 Å². The molecule has 0 amide bonds. The number of anilines is 2. The van der Waals surface area contributed by atoms with Crippen LogP contribution in [-0.2, 0) is 0 Å². The molecule has 2 saturated heterocycles. The van der Waals surface area contributed by atoms with Crippen molar-refractivity contribution in [3.05, 3.63) is 23.8 Å². The van der Waals surface area contributed by atoms with Gasteiger partial charge in [-0.3, -0.25) is 4.90 Å². The fourth-order valence-electron chi connectivity index (χ4n) is 3.28. The molecule has 0 radical (unpaired) electrons. The number of para-hydroxylation sites is 1. The van der Waals surface area contributed by atoms with Crippen molar-refractivity contribution in [1.29, 1.82) is 0 Å². The molecule has 5 heteroatoms. The Labute approximate surface area is 112 Å². The molecule has 3 rings (SSSR count). The number of carbonyl (C=O) groups is 1. The number of nitrogen functional groups attached to an aromatic ring is 1. The molecule has 2 aliphatic rings. The molecule has 0 aliphatic carbocycles. The van der Waals surface area contributed by atoms with E-state index >= 15 is 0 Å². The second-order valence-electron chi connectivity index (χ2n) is 5.33. The van der Waals surface area contributed by atoms with Crippen molar-refractivity contribution in [3.8, 4) is 0 Å². The highest BCUT2D eigenvalue weighted by Gasteiger charge is 2.32. The van der Waals surface area contributed by atoms with Gasteiger partial charge in [0.05, 0.1) is 16.9 Å². The van der Waals surface area contributed by atoms with Crippen LogP contribution in [0.1, 0.15) is 23.2 Å². The van der Waals surface area contributed by atoms with Crippen molar-refractivity contribution >= 4 is 17.3 Å². The third-order valence-electron chi connectivity index (χ3n) is 4.20. The minimum absolute atomic E-state index is 0.312. The molecule has 1 aromatic rings. The fourth-order valence-corrected chi connectivity index (χ4v) is 3.28. The van der Waals surface area contributed by atoms with E-state index < -0.39 is 5.97 Å². The van der Waals surface area contributed by atoms with Crippen LogP contribution in [0.25, 0.3) is 0 Å². The van der Waals surface area contributed by atoms with E-state index in [0.29, 0.717) is 23.0 Å². The summed E-state index contributed by atoms with van der Waals surface area (Å²) in [5.41, 5.74) is 7.58. The lowest BCUT2D eigenvalue weighted by molar-refractivity contribution is 0.0697. The zero-order valence-corrected chi connectivity index (χ0v) is 10.9. The normalized spacial score (nSPS) is 23.4. The van der Waals surface area contributed by atoms with Gasteiger partial charge in [-0.2, -0.15) is 0 Å². The molecule has 102 valence electrons. The number of hydrogen-bond donors (Lipinski definition) is 2. The molecule has 0 bridgehead atoms. The van der Waals surface area contributed by atoms with Gasteiger partial charge in [-0.05, 0) is 31.5 Å². The number of carboxylic acids is 1. The maximum absolute atomic E-state index is 11.4. The van der Waals surface area contributed by atoms with Crippen molar-refractivity contribution in [2.24, 2.45) is 0 Å². The fraction of sp³-hybridized carbons (Fsp3) is 0.500. The third-order valence-corrected chi connectivity index (χ3v) is 4.20. The monoisotopic (exact) mass is 261 g/mol. The SMILES string of the molecule is Nc1cccc(C(=O)O)c1N1CCN2CCCC2C1. The van der Waals surface area contributed by atoms with Crippen LogP contribution in [0.2, 0.25) is 0 Å². The molecule has 0 spiro atoms. The molecule has 19 heavy (non-hydrogen) atoms. The van der Waals surface area contributed by atoms with E-state index in [0.717, 1.165) is 19.6 Å². The van der Waals surface area contributed by atoms with E-state index in [1.165, 1.54) is 19.4 Å². The largest absolute Gasteiger partial charge is 0.478 e. The first-order valence-electron chi connectivity index (χ1n) is 6.77. The molecule has 3 N–H and O–H groups in total. The zero-order chi connectivity index (χ0) is 13.4. The first-order chi connectivity index (χ1) is 9.16. The topological polar surface area (TPSA) is 69.8 Å². The molecule has 2 fully saturated rings. The highest BCUT2D eigenvalue weighted by atomic mass is 16.4. The van der Waals surface area contributed by atoms with Gasteiger partial charge in [0.2, 0.25) is 0 Å². The van der Waals surface area contributed by atoms with Crippen molar-refractivity contribution in [1.82, 2.24) is 4.90 Å². The maximum atomic E-state index is 11.4. The van der Waals surface area contributed by atoms with Crippen molar-refractivity contribution in [2.75, 3.05) is 36.8 Å². The van der Waals surface area contributed by atoms with E-state index in [2.05, 4.69) is 9.80 Å². The van der Waals surface area contributed by atoms with Crippen LogP contribution in [0.3, 0.4) is 0 Å². The second kappa shape index (κ2) is 4.74. The molecule has 2 heterocycles. The summed E-state index contributed by atoms with van der Waals surface area (Å²) in [4.78, 5) is 16.0. The average molecular weight is 261 g/mol. The van der Waals surface area contributed by atoms with Crippen LogP contribution < -0.4 is 10.6 Å². The molecule has 0 saturated carbocycles. The van der Waals surface area contributed by atoms with Crippen molar-refractivity contribution in [3.63, 3.8) is 0 Å². The second-order valence-corrected chi connectivity index (χ2v) is 5.33. The third kappa shape index (κ3) is 2.14. The molecule has 5 nitrogen and oxygen atoms in total. The van der Waals surface area contributed by atoms with Gasteiger partial charge in [0, 0.05) is 25.7 Å². The van der Waals surface area contributed by atoms with Crippen LogP contribution >= 0.6 is 0 Å². The predicted octanol–water partition coefficient (Wildman–Crippen LogP) is 1.25. The zero-order valence-electron chi connectivity index (χ0n) is 10.9. The Balaban J connectivity index is 1.91. The van der Waals surface area contributed by atoms with E-state index in [4.69, 9.17) is 5.73 Å². The Hall–Kier alpha value is -1.75. The van der Waals surface area contributed by atoms with E-state index in [1.807, 2.05) is 0 Å². The van der Waals surface area contributed by atoms with Crippen LogP contribution in [0, 0.1) is 0 Å². The number of nitrogens with two attached hydrogens (primary N) is 1. The molecular weight excluding hydrogens is 242 g/mol. The first-order valence-corrected chi connectivity index (χ1v) is 6.77. The molecular formula is C14H19N3O2. The van der Waals surface area contributed by atoms with Crippen LogP contribution in [0.4, 0.5) is 11.4 Å². The standard InChI is InChI=1S/C14H19N3O2/c15-12-5-1-4-11(14(18)19)13(12)17-8-7-16-6-2-3-10(16)9-17/h1,4-5,10H,2-3,6-9,15H2,(H,18,19). The van der Waals surface area contributed by atoms with E-state index in [-0.39, 0.29) is 0 Å². The lowest BCUT2D eigenvalue weighted by atomic mass is 10.1. The number of benzene rings is 1. The summed E-state index contributed by atoms with van der Waals surface area (Å²) in [6.07, 6.45) is 2.44. The Morgan fingerprint density at radius 3 is 2.95 bits per heavy atom. The average Bonchev–Trinajstić information content (AvgIpc) is 2.85. The van der Waals surface area contributed by atoms with Gasteiger partial charge in [0.25, 0.3) is 0 Å². The Morgan fingerprint density at radius 1 is 1.32 bits per heavy atom. The summed E-state index contributed by atoms with van der Waals surface area (Å²) < 4.78 is 0. The molecule has 1 atom stereocenters. The summed E-state index contributed by atoms with van der Waals surface area (Å²) in [5, 5.41) is 9.32. The lowest BCUT2D eigenvalue weighted by Crippen LogP contribution is -2.50. The number of aromatic carboxylic acids is 1. The number of nitrogens with zero attached hydrogens (tertiary/aromatic N) is 2. The maximum Gasteiger partial charge on any atom is 0.337 e. The van der Waals surface area contributed by atoms with Gasteiger partial charge in [0.15, 0.2) is 0 Å². The molecule has 0 aromatic heterocycles. The van der Waals surface area contributed by atoms with Gasteiger partial charge in [-0.25, -0.2) is 4.79 Å². The minimum atomic E-state index is -0.906. The predicted molar refractivity (Wildman–Crippen MR) is 74.6 cm³/mol. The quantitative estimate of drug-likeness (QED) is 0.784. The lowest BCUT2D eigenvalue weighted by Gasteiger charge is -2.39. The van der Waals surface area contributed by atoms with Crippen LogP contribution in [-0.4, -0.2) is 48.2 Å². The number of rotatable bonds is 2. The minimum Gasteiger partial charge on any atom is -0.478 e. The Morgan fingerprint density at radius 2 is 2.16 bits per heavy atom. The number of carboxylic acid groups (broad SMARTS) is 1. The summed E-state index contributed by atoms with van der Waals surface area (Å²) in [5.74, 6) is -0.906. The molecule has 1 unspecified atom stereocenters. The van der Waals surface area contributed by atoms with Crippen molar-refractivity contribution in [2.45, 2.75) is 18.9 Å². The van der Waals surface area contributed by atoms with Gasteiger partial charge in [-0.15, -0.1) is 0 Å². The highest BCUT2D eigenvalue weighted by molar-refractivity contribution is 5.98. The smallest absolute Gasteiger partial charge is 0.337 e. The summed E-state index contributed by atoms with van der Waals surface area (Å²) in [6.45, 7) is 3.91. The van der Waals surface area contributed by atoms with Gasteiger partial charge in [-0.1, -0.05) is 6.07 Å². The number of piperazine rings is 1. The molecule has 1 aromatic carbocycles. The Bertz CT molecular complexity index is 503. The van der Waals surface area contributed by atoms with Crippen LogP contribution in [0.15, 0.2) is 18.2 Å². The van der Waals surface area contributed by atoms with Gasteiger partial charge >= 0.3 is 5.97 Å². The number of hydrogen-bond acceptors (Lipinski definition) is 4. The van der Waals surface area contributed by atoms with E-state index in [1.54, 1.807) is 18.2 Å². The van der Waals surface area contributed by atoms with Crippen LogP contribution in [0.5, 0.6) is 0 Å². The van der Waals surface area contributed by atoms with E-state index in [9.17, 15) is 9.90 Å². The summed E-state index contributed by atoms with van der Waals surface area (Å²) in [7, 11) is 0. The molecule has 2 aliphatic heterocycles. The Kier molecular flexibility index (Phi) is 3.06. The number of fused-ring (bicyclic) bond motifs is 1.